The second-order valence-corrected chi connectivity index (χ2v) is 12.3. The summed E-state index contributed by atoms with van der Waals surface area (Å²) in [4.78, 5) is 16.1. The number of aryl methyl sites for hydroxylation is 4. The van der Waals surface area contributed by atoms with E-state index in [0.29, 0.717) is 0 Å². The van der Waals surface area contributed by atoms with Crippen LogP contribution in [0.3, 0.4) is 0 Å². The molecule has 0 radical (unpaired) electrons. The van der Waals surface area contributed by atoms with Gasteiger partial charge in [-0.1, -0.05) is 66.2 Å². The Morgan fingerprint density at radius 3 is 1.43 bits per heavy atom. The van der Waals surface area contributed by atoms with E-state index in [4.69, 9.17) is 9.97 Å². The zero-order valence-corrected chi connectivity index (χ0v) is 24.4. The average Bonchev–Trinajstić information content (AvgIpc) is 3.61. The van der Waals surface area contributed by atoms with Crippen molar-refractivity contribution in [2.75, 3.05) is 0 Å². The molecule has 0 atom stereocenters. The summed E-state index contributed by atoms with van der Waals surface area (Å²) in [5.74, 6) is 0. The lowest BCUT2D eigenvalue weighted by molar-refractivity contribution is 0.668. The van der Waals surface area contributed by atoms with E-state index in [0.717, 1.165) is 48.1 Å². The molecule has 0 amide bonds. The molecule has 4 aromatic heterocycles. The Hall–Kier alpha value is -1.56. The molecule has 5 heteroatoms. The van der Waals surface area contributed by atoms with Crippen LogP contribution in [-0.4, -0.2) is 9.97 Å². The molecular weight excluding hydrogens is 485 g/mol. The van der Waals surface area contributed by atoms with E-state index in [9.17, 15) is 0 Å². The van der Waals surface area contributed by atoms with E-state index in [1.54, 1.807) is 0 Å². The van der Waals surface area contributed by atoms with Crippen LogP contribution in [0.5, 0.6) is 0 Å². The molecule has 0 N–H and O–H groups in total. The summed E-state index contributed by atoms with van der Waals surface area (Å²) in [6.45, 7) is 8.99. The lowest BCUT2D eigenvalue weighted by atomic mass is 10.1. The SMILES string of the molecule is CCCCCCc1ccsc1-c1sc(-c2sccc2CCCCCC)c2nc(CC)c(CC)nc12. The minimum atomic E-state index is 0.937. The Morgan fingerprint density at radius 1 is 0.571 bits per heavy atom. The van der Waals surface area contributed by atoms with Gasteiger partial charge in [-0.2, -0.15) is 0 Å². The van der Waals surface area contributed by atoms with Crippen LogP contribution in [0.1, 0.15) is 102 Å². The van der Waals surface area contributed by atoms with Gasteiger partial charge in [0.05, 0.1) is 21.1 Å². The molecule has 2 nitrogen and oxygen atoms in total. The number of hydrogen-bond acceptors (Lipinski definition) is 5. The van der Waals surface area contributed by atoms with Crippen molar-refractivity contribution in [3.8, 4) is 19.5 Å². The van der Waals surface area contributed by atoms with Gasteiger partial charge in [0.15, 0.2) is 0 Å². The molecule has 0 aliphatic heterocycles. The van der Waals surface area contributed by atoms with Crippen molar-refractivity contribution in [1.29, 1.82) is 0 Å². The lowest BCUT2D eigenvalue weighted by Gasteiger charge is -2.07. The second-order valence-electron chi connectivity index (χ2n) is 9.45. The summed E-state index contributed by atoms with van der Waals surface area (Å²) >= 11 is 5.71. The van der Waals surface area contributed by atoms with Crippen LogP contribution in [0.4, 0.5) is 0 Å². The number of unbranched alkanes of at least 4 members (excludes halogenated alkanes) is 6. The molecule has 0 bridgehead atoms. The fourth-order valence-electron chi connectivity index (χ4n) is 4.84. The number of rotatable bonds is 14. The van der Waals surface area contributed by atoms with Gasteiger partial charge in [-0.15, -0.1) is 34.0 Å². The zero-order chi connectivity index (χ0) is 24.6. The fraction of sp³-hybridized carbons (Fsp3) is 0.533. The molecule has 35 heavy (non-hydrogen) atoms. The summed E-state index contributed by atoms with van der Waals surface area (Å²) in [6.07, 6.45) is 14.6. The van der Waals surface area contributed by atoms with Crippen molar-refractivity contribution >= 4 is 45.0 Å². The second kappa shape index (κ2) is 13.1. The highest BCUT2D eigenvalue weighted by Crippen LogP contribution is 2.48. The van der Waals surface area contributed by atoms with Gasteiger partial charge in [0.25, 0.3) is 0 Å². The summed E-state index contributed by atoms with van der Waals surface area (Å²) in [7, 11) is 0. The third kappa shape index (κ3) is 6.06. The number of hydrogen-bond donors (Lipinski definition) is 0. The zero-order valence-electron chi connectivity index (χ0n) is 21.9. The molecule has 0 aromatic carbocycles. The van der Waals surface area contributed by atoms with E-state index < -0.39 is 0 Å². The van der Waals surface area contributed by atoms with Gasteiger partial charge in [0.1, 0.15) is 11.0 Å². The summed E-state index contributed by atoms with van der Waals surface area (Å²) in [5, 5.41) is 4.54. The maximum atomic E-state index is 5.28. The minimum Gasteiger partial charge on any atom is -0.248 e. The summed E-state index contributed by atoms with van der Waals surface area (Å²) in [6, 6.07) is 4.69. The molecule has 0 saturated heterocycles. The van der Waals surface area contributed by atoms with Crippen molar-refractivity contribution in [2.45, 2.75) is 105 Å². The number of thiophene rings is 3. The van der Waals surface area contributed by atoms with Gasteiger partial charge in [0, 0.05) is 9.75 Å². The van der Waals surface area contributed by atoms with Gasteiger partial charge < -0.3 is 0 Å². The van der Waals surface area contributed by atoms with Crippen LogP contribution >= 0.6 is 34.0 Å². The van der Waals surface area contributed by atoms with Crippen LogP contribution in [0, 0.1) is 0 Å². The maximum absolute atomic E-state index is 5.28. The fourth-order valence-corrected chi connectivity index (χ4v) is 8.30. The van der Waals surface area contributed by atoms with E-state index in [1.807, 2.05) is 34.0 Å². The van der Waals surface area contributed by atoms with E-state index in [1.165, 1.54) is 82.0 Å². The first-order chi connectivity index (χ1) is 17.2. The first-order valence-electron chi connectivity index (χ1n) is 13.7. The predicted molar refractivity (Wildman–Crippen MR) is 158 cm³/mol. The number of nitrogens with zero attached hydrogens (tertiary/aromatic N) is 2. The molecular formula is C30H40N2S3. The number of fused-ring (bicyclic) bond motifs is 1. The Bertz CT molecular complexity index is 1120. The lowest BCUT2D eigenvalue weighted by Crippen LogP contribution is -2.00. The summed E-state index contributed by atoms with van der Waals surface area (Å²) < 4.78 is 0. The Balaban J connectivity index is 1.78. The van der Waals surface area contributed by atoms with Crippen LogP contribution in [0.15, 0.2) is 22.9 Å². The largest absolute Gasteiger partial charge is 0.248 e. The van der Waals surface area contributed by atoms with Gasteiger partial charge in [0.2, 0.25) is 0 Å². The molecule has 0 aliphatic carbocycles. The van der Waals surface area contributed by atoms with Crippen molar-refractivity contribution in [2.24, 2.45) is 0 Å². The summed E-state index contributed by atoms with van der Waals surface area (Å²) in [5.41, 5.74) is 7.57. The van der Waals surface area contributed by atoms with Crippen LogP contribution in [-0.2, 0) is 25.7 Å². The van der Waals surface area contributed by atoms with Gasteiger partial charge in [-0.3, -0.25) is 0 Å². The van der Waals surface area contributed by atoms with Crippen LogP contribution in [0.2, 0.25) is 0 Å². The molecule has 0 aliphatic rings. The highest BCUT2D eigenvalue weighted by molar-refractivity contribution is 7.27. The highest BCUT2D eigenvalue weighted by Gasteiger charge is 2.23. The first kappa shape index (κ1) is 26.5. The van der Waals surface area contributed by atoms with Gasteiger partial charge in [-0.25, -0.2) is 9.97 Å². The minimum absolute atomic E-state index is 0.937. The normalized spacial score (nSPS) is 11.7. The van der Waals surface area contributed by atoms with Crippen molar-refractivity contribution in [3.05, 3.63) is 45.4 Å². The molecule has 188 valence electrons. The number of aromatic nitrogens is 2. The standard InChI is InChI=1S/C30H40N2S3/c1-5-9-11-13-15-21-17-19-33-27(21)29-25-26(32-24(8-4)23(7-3)31-25)30(35-29)28-22(18-20-34-28)16-14-12-10-6-2/h17-20H,5-16H2,1-4H3. The van der Waals surface area contributed by atoms with E-state index >= 15 is 0 Å². The Morgan fingerprint density at radius 2 is 1.03 bits per heavy atom. The maximum Gasteiger partial charge on any atom is 0.109 e. The quantitative estimate of drug-likeness (QED) is 0.153. The average molecular weight is 525 g/mol. The highest BCUT2D eigenvalue weighted by atomic mass is 32.1. The van der Waals surface area contributed by atoms with Crippen LogP contribution in [0.25, 0.3) is 30.5 Å². The Kier molecular flexibility index (Phi) is 9.93. The molecule has 0 unspecified atom stereocenters. The third-order valence-corrected chi connectivity index (χ3v) is 10.3. The molecule has 4 rings (SSSR count). The molecule has 0 fully saturated rings. The van der Waals surface area contributed by atoms with Crippen molar-refractivity contribution < 1.29 is 0 Å². The molecule has 4 aromatic rings. The molecule has 0 saturated carbocycles. The molecule has 0 spiro atoms. The van der Waals surface area contributed by atoms with Crippen LogP contribution < -0.4 is 0 Å². The molecule has 4 heterocycles. The topological polar surface area (TPSA) is 25.8 Å². The monoisotopic (exact) mass is 524 g/mol. The van der Waals surface area contributed by atoms with Gasteiger partial charge >= 0.3 is 0 Å². The van der Waals surface area contributed by atoms with E-state index in [2.05, 4.69) is 50.6 Å². The van der Waals surface area contributed by atoms with Gasteiger partial charge in [-0.05, 0) is 72.5 Å². The first-order valence-corrected chi connectivity index (χ1v) is 16.2. The Labute approximate surface area is 223 Å². The predicted octanol–water partition coefficient (Wildman–Crippen LogP) is 10.5. The van der Waals surface area contributed by atoms with Crippen molar-refractivity contribution in [3.63, 3.8) is 0 Å². The van der Waals surface area contributed by atoms with E-state index in [-0.39, 0.29) is 0 Å². The smallest absolute Gasteiger partial charge is 0.109 e. The van der Waals surface area contributed by atoms with Crippen molar-refractivity contribution in [1.82, 2.24) is 9.97 Å². The third-order valence-electron chi connectivity index (χ3n) is 6.86.